The third-order valence-electron chi connectivity index (χ3n) is 5.25. The van der Waals surface area contributed by atoms with Crippen molar-refractivity contribution in [2.45, 2.75) is 32.9 Å². The van der Waals surface area contributed by atoms with Crippen LogP contribution in [0.1, 0.15) is 25.8 Å². The Morgan fingerprint density at radius 2 is 1.80 bits per heavy atom. The highest BCUT2D eigenvalue weighted by atomic mass is 32.2. The second kappa shape index (κ2) is 12.2. The predicted molar refractivity (Wildman–Crippen MR) is 132 cm³/mol. The zero-order valence-electron chi connectivity index (χ0n) is 20.1. The van der Waals surface area contributed by atoms with E-state index in [2.05, 4.69) is 5.32 Å². The topological polar surface area (TPSA) is 139 Å². The highest BCUT2D eigenvalue weighted by Crippen LogP contribution is 2.34. The molecule has 0 saturated heterocycles. The molecular formula is C23H30N4O7S. The van der Waals surface area contributed by atoms with Gasteiger partial charge >= 0.3 is 0 Å². The van der Waals surface area contributed by atoms with E-state index < -0.39 is 33.4 Å². The number of sulfonamides is 1. The maximum atomic E-state index is 13.6. The quantitative estimate of drug-likeness (QED) is 0.344. The molecule has 35 heavy (non-hydrogen) atoms. The van der Waals surface area contributed by atoms with Crippen LogP contribution in [-0.2, 0) is 26.2 Å². The van der Waals surface area contributed by atoms with Crippen LogP contribution in [0.2, 0.25) is 0 Å². The van der Waals surface area contributed by atoms with E-state index in [1.165, 1.54) is 24.1 Å². The summed E-state index contributed by atoms with van der Waals surface area (Å²) in [5, 5.41) is 14.0. The molecule has 1 N–H and O–H groups in total. The zero-order chi connectivity index (χ0) is 26.2. The Bertz CT molecular complexity index is 1160. The monoisotopic (exact) mass is 506 g/mol. The molecule has 0 aromatic heterocycles. The van der Waals surface area contributed by atoms with E-state index in [1.807, 2.05) is 6.07 Å². The number of nitro groups is 1. The molecule has 1 atom stereocenters. The van der Waals surface area contributed by atoms with Gasteiger partial charge in [0.1, 0.15) is 24.0 Å². The van der Waals surface area contributed by atoms with Gasteiger partial charge in [-0.3, -0.25) is 24.0 Å². The van der Waals surface area contributed by atoms with Crippen LogP contribution >= 0.6 is 0 Å². The van der Waals surface area contributed by atoms with Gasteiger partial charge in [0, 0.05) is 25.2 Å². The molecule has 0 aliphatic carbocycles. The molecule has 2 aromatic carbocycles. The van der Waals surface area contributed by atoms with Crippen LogP contribution in [-0.4, -0.2) is 62.6 Å². The summed E-state index contributed by atoms with van der Waals surface area (Å²) in [6.07, 6.45) is 1.19. The van der Waals surface area contributed by atoms with Crippen LogP contribution in [0.5, 0.6) is 5.75 Å². The molecule has 0 bridgehead atoms. The second-order valence-corrected chi connectivity index (χ2v) is 9.62. The fraction of sp³-hybridized carbons (Fsp3) is 0.391. The number of nitrogens with zero attached hydrogens (tertiary/aromatic N) is 3. The molecule has 0 radical (unpaired) electrons. The van der Waals surface area contributed by atoms with Crippen molar-refractivity contribution in [3.63, 3.8) is 0 Å². The van der Waals surface area contributed by atoms with Crippen molar-refractivity contribution in [3.05, 3.63) is 64.2 Å². The van der Waals surface area contributed by atoms with E-state index in [-0.39, 0.29) is 29.6 Å². The molecule has 190 valence electrons. The first kappa shape index (κ1) is 27.6. The SMILES string of the molecule is CCNC(=O)[C@H](CC)N(Cc1ccccc1)C(=O)CN(c1cc([N+](=O)[O-])ccc1OC)S(C)(=O)=O. The van der Waals surface area contributed by atoms with Gasteiger partial charge in [0.05, 0.1) is 18.3 Å². The number of hydrogen-bond acceptors (Lipinski definition) is 7. The van der Waals surface area contributed by atoms with Gasteiger partial charge in [-0.05, 0) is 25.0 Å². The summed E-state index contributed by atoms with van der Waals surface area (Å²) in [5.41, 5.74) is 0.238. The molecule has 0 spiro atoms. The molecule has 2 amide bonds. The minimum atomic E-state index is -4.07. The predicted octanol–water partition coefficient (Wildman–Crippen LogP) is 2.31. The number of carbonyl (C=O) groups is 2. The standard InChI is InChI=1S/C23H30N4O7S/c1-5-19(23(29)24-6-2)25(15-17-10-8-7-9-11-17)22(28)16-26(35(4,32)33)20-14-18(27(30)31)12-13-21(20)34-3/h7-14,19H,5-6,15-16H2,1-4H3,(H,24,29)/t19-/m0/s1. The van der Waals surface area contributed by atoms with Crippen LogP contribution in [0.4, 0.5) is 11.4 Å². The van der Waals surface area contributed by atoms with Crippen molar-refractivity contribution in [1.29, 1.82) is 0 Å². The molecule has 0 aliphatic rings. The fourth-order valence-corrected chi connectivity index (χ4v) is 4.42. The number of non-ortho nitro benzene ring substituents is 1. The van der Waals surface area contributed by atoms with Crippen molar-refractivity contribution in [3.8, 4) is 5.75 Å². The highest BCUT2D eigenvalue weighted by Gasteiger charge is 2.33. The first-order valence-corrected chi connectivity index (χ1v) is 12.8. The molecule has 12 heteroatoms. The lowest BCUT2D eigenvalue weighted by atomic mass is 10.1. The number of rotatable bonds is 12. The van der Waals surface area contributed by atoms with E-state index in [1.54, 1.807) is 38.1 Å². The zero-order valence-corrected chi connectivity index (χ0v) is 20.9. The Morgan fingerprint density at radius 3 is 2.31 bits per heavy atom. The van der Waals surface area contributed by atoms with E-state index in [0.29, 0.717) is 13.0 Å². The minimum Gasteiger partial charge on any atom is -0.495 e. The van der Waals surface area contributed by atoms with Crippen LogP contribution < -0.4 is 14.4 Å². The Kier molecular flexibility index (Phi) is 9.58. The molecule has 0 unspecified atom stereocenters. The van der Waals surface area contributed by atoms with E-state index in [9.17, 15) is 28.1 Å². The number of likely N-dealkylation sites (N-methyl/N-ethyl adjacent to an activating group) is 1. The number of amides is 2. The lowest BCUT2D eigenvalue weighted by molar-refractivity contribution is -0.384. The van der Waals surface area contributed by atoms with Crippen molar-refractivity contribution in [2.75, 3.05) is 30.8 Å². The van der Waals surface area contributed by atoms with Crippen molar-refractivity contribution in [1.82, 2.24) is 10.2 Å². The molecule has 0 heterocycles. The highest BCUT2D eigenvalue weighted by molar-refractivity contribution is 7.92. The molecule has 2 rings (SSSR count). The van der Waals surface area contributed by atoms with Gasteiger partial charge in [-0.15, -0.1) is 0 Å². The summed E-state index contributed by atoms with van der Waals surface area (Å²) < 4.78 is 31.4. The molecule has 0 fully saturated rings. The van der Waals surface area contributed by atoms with Crippen molar-refractivity contribution >= 4 is 33.2 Å². The molecular weight excluding hydrogens is 476 g/mol. The maximum absolute atomic E-state index is 13.6. The Morgan fingerprint density at radius 1 is 1.14 bits per heavy atom. The number of nitrogens with one attached hydrogen (secondary N) is 1. The third-order valence-corrected chi connectivity index (χ3v) is 6.38. The minimum absolute atomic E-state index is 0.0409. The molecule has 0 aliphatic heterocycles. The summed E-state index contributed by atoms with van der Waals surface area (Å²) in [7, 11) is -2.79. The number of methoxy groups -OCH3 is 1. The van der Waals surface area contributed by atoms with Gasteiger partial charge < -0.3 is 15.0 Å². The summed E-state index contributed by atoms with van der Waals surface area (Å²) >= 11 is 0. The number of carbonyl (C=O) groups excluding carboxylic acids is 2. The Hall–Kier alpha value is -3.67. The number of anilines is 1. The molecule has 11 nitrogen and oxygen atoms in total. The number of nitro benzene ring substituents is 1. The van der Waals surface area contributed by atoms with Gasteiger partial charge in [-0.2, -0.15) is 0 Å². The largest absolute Gasteiger partial charge is 0.495 e. The summed E-state index contributed by atoms with van der Waals surface area (Å²) in [4.78, 5) is 38.3. The first-order chi connectivity index (χ1) is 16.5. The summed E-state index contributed by atoms with van der Waals surface area (Å²) in [6, 6.07) is 11.6. The maximum Gasteiger partial charge on any atom is 0.271 e. The number of ether oxygens (including phenoxy) is 1. The second-order valence-electron chi connectivity index (χ2n) is 7.71. The van der Waals surface area contributed by atoms with Crippen LogP contribution in [0.3, 0.4) is 0 Å². The van der Waals surface area contributed by atoms with Crippen LogP contribution in [0.15, 0.2) is 48.5 Å². The lowest BCUT2D eigenvalue weighted by Gasteiger charge is -2.33. The molecule has 0 saturated carbocycles. The Balaban J connectivity index is 2.53. The van der Waals surface area contributed by atoms with Crippen molar-refractivity contribution < 1.29 is 27.7 Å². The van der Waals surface area contributed by atoms with E-state index >= 15 is 0 Å². The van der Waals surface area contributed by atoms with Crippen molar-refractivity contribution in [2.24, 2.45) is 0 Å². The van der Waals surface area contributed by atoms with Gasteiger partial charge in [0.25, 0.3) is 5.69 Å². The number of hydrogen-bond donors (Lipinski definition) is 1. The molecule has 2 aromatic rings. The van der Waals surface area contributed by atoms with Crippen LogP contribution in [0.25, 0.3) is 0 Å². The van der Waals surface area contributed by atoms with Gasteiger partial charge in [-0.1, -0.05) is 37.3 Å². The fourth-order valence-electron chi connectivity index (χ4n) is 3.57. The van der Waals surface area contributed by atoms with E-state index in [0.717, 1.165) is 22.2 Å². The van der Waals surface area contributed by atoms with Gasteiger partial charge in [0.2, 0.25) is 21.8 Å². The average Bonchev–Trinajstić information content (AvgIpc) is 2.81. The first-order valence-electron chi connectivity index (χ1n) is 10.9. The Labute approximate surface area is 204 Å². The summed E-state index contributed by atoms with van der Waals surface area (Å²) in [5.74, 6) is -0.969. The smallest absolute Gasteiger partial charge is 0.271 e. The summed E-state index contributed by atoms with van der Waals surface area (Å²) in [6.45, 7) is 3.26. The lowest BCUT2D eigenvalue weighted by Crippen LogP contribution is -2.52. The number of benzene rings is 2. The van der Waals surface area contributed by atoms with Crippen LogP contribution in [0, 0.1) is 10.1 Å². The third kappa shape index (κ3) is 7.15. The van der Waals surface area contributed by atoms with Gasteiger partial charge in [-0.25, -0.2) is 8.42 Å². The normalized spacial score (nSPS) is 11.9. The van der Waals surface area contributed by atoms with E-state index in [4.69, 9.17) is 4.74 Å². The average molecular weight is 507 g/mol. The van der Waals surface area contributed by atoms with Gasteiger partial charge in [0.15, 0.2) is 0 Å².